The zero-order valence-corrected chi connectivity index (χ0v) is 11.9. The SMILES string of the molecule is O=C(NCC(=O)N1CCCC1)c1cccc([N+](=O)[O-])c1Cl. The van der Waals surface area contributed by atoms with Gasteiger partial charge in [0, 0.05) is 19.2 Å². The Balaban J connectivity index is 2.02. The van der Waals surface area contributed by atoms with Crippen molar-refractivity contribution in [1.82, 2.24) is 10.2 Å². The Morgan fingerprint density at radius 2 is 2.00 bits per heavy atom. The molecule has 0 aliphatic carbocycles. The summed E-state index contributed by atoms with van der Waals surface area (Å²) in [6, 6.07) is 3.97. The van der Waals surface area contributed by atoms with E-state index in [-0.39, 0.29) is 28.7 Å². The van der Waals surface area contributed by atoms with Crippen molar-refractivity contribution in [3.05, 3.63) is 38.9 Å². The summed E-state index contributed by atoms with van der Waals surface area (Å²) in [5, 5.41) is 13.0. The fourth-order valence-electron chi connectivity index (χ4n) is 2.17. The third-order valence-electron chi connectivity index (χ3n) is 3.28. The van der Waals surface area contributed by atoms with Gasteiger partial charge in [-0.2, -0.15) is 0 Å². The Hall–Kier alpha value is -2.15. The van der Waals surface area contributed by atoms with Gasteiger partial charge in [0.25, 0.3) is 11.6 Å². The van der Waals surface area contributed by atoms with Crippen molar-refractivity contribution in [3.8, 4) is 0 Å². The molecule has 1 saturated heterocycles. The van der Waals surface area contributed by atoms with Gasteiger partial charge >= 0.3 is 0 Å². The minimum atomic E-state index is -0.658. The molecule has 0 aromatic heterocycles. The highest BCUT2D eigenvalue weighted by molar-refractivity contribution is 6.35. The van der Waals surface area contributed by atoms with Crippen molar-refractivity contribution in [2.45, 2.75) is 12.8 Å². The van der Waals surface area contributed by atoms with Crippen molar-refractivity contribution < 1.29 is 14.5 Å². The van der Waals surface area contributed by atoms with E-state index in [9.17, 15) is 19.7 Å². The highest BCUT2D eigenvalue weighted by Crippen LogP contribution is 2.27. The summed E-state index contributed by atoms with van der Waals surface area (Å²) in [5.74, 6) is -0.765. The molecular weight excluding hydrogens is 298 g/mol. The average molecular weight is 312 g/mol. The third kappa shape index (κ3) is 3.49. The van der Waals surface area contributed by atoms with Crippen LogP contribution in [0.4, 0.5) is 5.69 Å². The van der Waals surface area contributed by atoms with E-state index < -0.39 is 10.8 Å². The Bertz CT molecular complexity index is 585. The molecule has 7 nitrogen and oxygen atoms in total. The number of nitro benzene ring substituents is 1. The lowest BCUT2D eigenvalue weighted by Gasteiger charge is -2.15. The van der Waals surface area contributed by atoms with Crippen LogP contribution in [0.1, 0.15) is 23.2 Å². The van der Waals surface area contributed by atoms with Crippen LogP contribution in [0.5, 0.6) is 0 Å². The second-order valence-corrected chi connectivity index (χ2v) is 5.04. The first-order chi connectivity index (χ1) is 10.0. The molecule has 0 bridgehead atoms. The van der Waals surface area contributed by atoms with Crippen molar-refractivity contribution in [1.29, 1.82) is 0 Å². The van der Waals surface area contributed by atoms with Crippen LogP contribution in [0.15, 0.2) is 18.2 Å². The molecule has 1 aliphatic heterocycles. The Morgan fingerprint density at radius 3 is 2.62 bits per heavy atom. The average Bonchev–Trinajstić information content (AvgIpc) is 2.98. The smallest absolute Gasteiger partial charge is 0.288 e. The van der Waals surface area contributed by atoms with Gasteiger partial charge in [-0.05, 0) is 18.9 Å². The van der Waals surface area contributed by atoms with Crippen LogP contribution in [0, 0.1) is 10.1 Å². The van der Waals surface area contributed by atoms with Crippen LogP contribution in [0.25, 0.3) is 0 Å². The number of hydrogen-bond donors (Lipinski definition) is 1. The summed E-state index contributed by atoms with van der Waals surface area (Å²) in [4.78, 5) is 35.6. The summed E-state index contributed by atoms with van der Waals surface area (Å²) >= 11 is 5.84. The Morgan fingerprint density at radius 1 is 1.33 bits per heavy atom. The topological polar surface area (TPSA) is 92.6 Å². The maximum Gasteiger partial charge on any atom is 0.288 e. The lowest BCUT2D eigenvalue weighted by molar-refractivity contribution is -0.384. The van der Waals surface area contributed by atoms with E-state index in [1.54, 1.807) is 4.90 Å². The van der Waals surface area contributed by atoms with Crippen LogP contribution in [-0.2, 0) is 4.79 Å². The minimum Gasteiger partial charge on any atom is -0.343 e. The molecule has 0 unspecified atom stereocenters. The molecular formula is C13H14ClN3O4. The predicted octanol–water partition coefficient (Wildman–Crippen LogP) is 1.60. The molecule has 1 N–H and O–H groups in total. The fourth-order valence-corrected chi connectivity index (χ4v) is 2.45. The largest absolute Gasteiger partial charge is 0.343 e. The first-order valence-electron chi connectivity index (χ1n) is 6.49. The number of benzene rings is 1. The zero-order chi connectivity index (χ0) is 15.4. The second-order valence-electron chi connectivity index (χ2n) is 4.67. The molecule has 21 heavy (non-hydrogen) atoms. The fraction of sp³-hybridized carbons (Fsp3) is 0.385. The predicted molar refractivity (Wildman–Crippen MR) is 76.3 cm³/mol. The quantitative estimate of drug-likeness (QED) is 0.675. The van der Waals surface area contributed by atoms with Gasteiger partial charge in [-0.1, -0.05) is 17.7 Å². The number of nitro groups is 1. The third-order valence-corrected chi connectivity index (χ3v) is 3.68. The van der Waals surface area contributed by atoms with E-state index in [2.05, 4.69) is 5.32 Å². The maximum absolute atomic E-state index is 12.0. The van der Waals surface area contributed by atoms with E-state index in [0.717, 1.165) is 12.8 Å². The van der Waals surface area contributed by atoms with E-state index >= 15 is 0 Å². The van der Waals surface area contributed by atoms with Gasteiger partial charge in [0.1, 0.15) is 5.02 Å². The monoisotopic (exact) mass is 311 g/mol. The standard InChI is InChI=1S/C13H14ClN3O4/c14-12-9(4-3-5-10(12)17(20)21)13(19)15-8-11(18)16-6-1-2-7-16/h3-5H,1-2,6-8H2,(H,15,19). The molecule has 0 radical (unpaired) electrons. The normalized spacial score (nSPS) is 14.0. The summed E-state index contributed by atoms with van der Waals surface area (Å²) in [6.07, 6.45) is 1.94. The van der Waals surface area contributed by atoms with Gasteiger partial charge in [0.2, 0.25) is 5.91 Å². The van der Waals surface area contributed by atoms with Crippen molar-refractivity contribution >= 4 is 29.1 Å². The number of carbonyl (C=O) groups excluding carboxylic acids is 2. The van der Waals surface area contributed by atoms with Gasteiger partial charge in [0.15, 0.2) is 0 Å². The molecule has 0 spiro atoms. The van der Waals surface area contributed by atoms with E-state index in [1.807, 2.05) is 0 Å². The molecule has 1 aromatic rings. The van der Waals surface area contributed by atoms with Gasteiger partial charge in [0.05, 0.1) is 17.0 Å². The van der Waals surface area contributed by atoms with Crippen LogP contribution in [-0.4, -0.2) is 41.3 Å². The van der Waals surface area contributed by atoms with Crippen molar-refractivity contribution in [2.75, 3.05) is 19.6 Å². The summed E-state index contributed by atoms with van der Waals surface area (Å²) in [5.41, 5.74) is -0.352. The lowest BCUT2D eigenvalue weighted by atomic mass is 10.2. The maximum atomic E-state index is 12.0. The van der Waals surface area contributed by atoms with Gasteiger partial charge < -0.3 is 10.2 Å². The van der Waals surface area contributed by atoms with Gasteiger partial charge in [-0.25, -0.2) is 0 Å². The number of amides is 2. The van der Waals surface area contributed by atoms with E-state index in [1.165, 1.54) is 18.2 Å². The van der Waals surface area contributed by atoms with Gasteiger partial charge in [-0.15, -0.1) is 0 Å². The van der Waals surface area contributed by atoms with Crippen LogP contribution in [0.3, 0.4) is 0 Å². The minimum absolute atomic E-state index is 0.0138. The molecule has 112 valence electrons. The molecule has 2 rings (SSSR count). The molecule has 1 fully saturated rings. The van der Waals surface area contributed by atoms with Crippen LogP contribution in [0.2, 0.25) is 5.02 Å². The number of nitrogens with zero attached hydrogens (tertiary/aromatic N) is 2. The Labute approximate surface area is 126 Å². The van der Waals surface area contributed by atoms with Crippen LogP contribution >= 0.6 is 11.6 Å². The molecule has 8 heteroatoms. The number of rotatable bonds is 4. The first kappa shape index (κ1) is 15.2. The number of hydrogen-bond acceptors (Lipinski definition) is 4. The molecule has 2 amide bonds. The van der Waals surface area contributed by atoms with Crippen LogP contribution < -0.4 is 5.32 Å². The number of likely N-dealkylation sites (tertiary alicyclic amines) is 1. The second kappa shape index (κ2) is 6.53. The number of nitrogens with one attached hydrogen (secondary N) is 1. The molecule has 1 aromatic carbocycles. The molecule has 0 saturated carbocycles. The van der Waals surface area contributed by atoms with Gasteiger partial charge in [-0.3, -0.25) is 19.7 Å². The number of carbonyl (C=O) groups is 2. The van der Waals surface area contributed by atoms with Crippen molar-refractivity contribution in [2.24, 2.45) is 0 Å². The van der Waals surface area contributed by atoms with Crippen molar-refractivity contribution in [3.63, 3.8) is 0 Å². The summed E-state index contributed by atoms with van der Waals surface area (Å²) in [6.45, 7) is 1.26. The zero-order valence-electron chi connectivity index (χ0n) is 11.2. The lowest BCUT2D eigenvalue weighted by Crippen LogP contribution is -2.38. The highest BCUT2D eigenvalue weighted by Gasteiger charge is 2.22. The molecule has 1 heterocycles. The first-order valence-corrected chi connectivity index (χ1v) is 6.87. The highest BCUT2D eigenvalue weighted by atomic mass is 35.5. The number of halogens is 1. The summed E-state index contributed by atoms with van der Waals surface area (Å²) in [7, 11) is 0. The Kier molecular flexibility index (Phi) is 4.74. The van der Waals surface area contributed by atoms with E-state index in [0.29, 0.717) is 13.1 Å². The molecule has 0 atom stereocenters. The summed E-state index contributed by atoms with van der Waals surface area (Å²) < 4.78 is 0. The van der Waals surface area contributed by atoms with E-state index in [4.69, 9.17) is 11.6 Å². The molecule has 1 aliphatic rings.